The number of nitrogens with two attached hydrogens (primary N) is 1. The molecule has 0 radical (unpaired) electrons. The van der Waals surface area contributed by atoms with Crippen LogP contribution in [0.2, 0.25) is 0 Å². The first kappa shape index (κ1) is 13.0. The van der Waals surface area contributed by atoms with E-state index in [-0.39, 0.29) is 17.6 Å². The van der Waals surface area contributed by atoms with Gasteiger partial charge in [-0.25, -0.2) is 9.78 Å². The SMILES string of the molecule is C[C@@H](O)[C@H]1C(=O)N2C(C(=O)O)=C(n3ccnc3N)S[C@H]12. The number of aliphatic hydroxyl groups is 1. The lowest BCUT2D eigenvalue weighted by atomic mass is 9.92. The molecule has 1 saturated heterocycles. The first-order valence-electron chi connectivity index (χ1n) is 5.88. The molecular weight excluding hydrogens is 284 g/mol. The molecule has 106 valence electrons. The van der Waals surface area contributed by atoms with Crippen molar-refractivity contribution in [3.8, 4) is 0 Å². The van der Waals surface area contributed by atoms with Gasteiger partial charge in [0.05, 0.1) is 12.0 Å². The highest BCUT2D eigenvalue weighted by Gasteiger charge is 2.58. The lowest BCUT2D eigenvalue weighted by molar-refractivity contribution is -0.156. The van der Waals surface area contributed by atoms with Gasteiger partial charge in [0.1, 0.15) is 10.4 Å². The van der Waals surface area contributed by atoms with Crippen molar-refractivity contribution < 1.29 is 19.8 Å². The van der Waals surface area contributed by atoms with Crippen LogP contribution in [0.3, 0.4) is 0 Å². The fourth-order valence-corrected chi connectivity index (χ4v) is 4.02. The zero-order valence-corrected chi connectivity index (χ0v) is 11.2. The predicted octanol–water partition coefficient (Wildman–Crippen LogP) is -0.412. The molecule has 2 aliphatic rings. The lowest BCUT2D eigenvalue weighted by Crippen LogP contribution is -2.60. The summed E-state index contributed by atoms with van der Waals surface area (Å²) in [5.41, 5.74) is 5.56. The molecule has 0 saturated carbocycles. The van der Waals surface area contributed by atoms with Crippen LogP contribution in [0.4, 0.5) is 5.95 Å². The molecule has 2 aliphatic heterocycles. The van der Waals surface area contributed by atoms with E-state index in [4.69, 9.17) is 5.73 Å². The van der Waals surface area contributed by atoms with Crippen molar-refractivity contribution in [3.05, 3.63) is 18.1 Å². The van der Waals surface area contributed by atoms with E-state index in [9.17, 15) is 19.8 Å². The van der Waals surface area contributed by atoms with Gasteiger partial charge in [-0.3, -0.25) is 14.3 Å². The monoisotopic (exact) mass is 296 g/mol. The van der Waals surface area contributed by atoms with Gasteiger partial charge >= 0.3 is 5.97 Å². The molecule has 9 heteroatoms. The molecule has 1 aromatic heterocycles. The van der Waals surface area contributed by atoms with E-state index in [1.165, 1.54) is 40.5 Å². The molecule has 1 aromatic rings. The van der Waals surface area contributed by atoms with E-state index >= 15 is 0 Å². The topological polar surface area (TPSA) is 122 Å². The summed E-state index contributed by atoms with van der Waals surface area (Å²) < 4.78 is 1.43. The number of aliphatic carboxylic acids is 1. The van der Waals surface area contributed by atoms with E-state index in [2.05, 4.69) is 4.98 Å². The molecule has 3 rings (SSSR count). The fraction of sp³-hybridized carbons (Fsp3) is 0.364. The number of nitrogen functional groups attached to an aromatic ring is 1. The molecule has 8 nitrogen and oxygen atoms in total. The number of imidazole rings is 1. The standard InChI is InChI=1S/C11H12N4O4S/c1-4(16)5-7(17)15-6(10(18)19)9(20-8(5)15)14-3-2-13-11(14)12/h2-5,8,16H,1H3,(H2,12,13)(H,18,19)/t4-,5+,8-/m1/s1. The molecule has 0 bridgehead atoms. The van der Waals surface area contributed by atoms with Crippen molar-refractivity contribution in [2.24, 2.45) is 5.92 Å². The van der Waals surface area contributed by atoms with Crippen LogP contribution in [-0.2, 0) is 9.59 Å². The Bertz CT molecular complexity index is 638. The van der Waals surface area contributed by atoms with E-state index < -0.39 is 23.4 Å². The molecule has 20 heavy (non-hydrogen) atoms. The number of carbonyl (C=O) groups excluding carboxylic acids is 1. The highest BCUT2D eigenvalue weighted by molar-refractivity contribution is 8.08. The van der Waals surface area contributed by atoms with Gasteiger partial charge in [-0.15, -0.1) is 0 Å². The molecule has 1 fully saturated rings. The number of carboxylic acids is 1. The Morgan fingerprint density at radius 2 is 2.30 bits per heavy atom. The largest absolute Gasteiger partial charge is 0.476 e. The van der Waals surface area contributed by atoms with Crippen molar-refractivity contribution in [3.63, 3.8) is 0 Å². The van der Waals surface area contributed by atoms with Gasteiger partial charge in [-0.1, -0.05) is 11.8 Å². The Hall–Kier alpha value is -2.00. The maximum Gasteiger partial charge on any atom is 0.355 e. The highest BCUT2D eigenvalue weighted by atomic mass is 32.2. The van der Waals surface area contributed by atoms with Crippen LogP contribution in [0.1, 0.15) is 6.92 Å². The fourth-order valence-electron chi connectivity index (χ4n) is 2.42. The number of β-lactam (4-membered cyclic amide) rings is 1. The van der Waals surface area contributed by atoms with E-state index in [0.29, 0.717) is 5.03 Å². The second-order valence-corrected chi connectivity index (χ2v) is 5.70. The summed E-state index contributed by atoms with van der Waals surface area (Å²) in [6, 6.07) is 0. The minimum Gasteiger partial charge on any atom is -0.476 e. The molecule has 3 heterocycles. The van der Waals surface area contributed by atoms with Crippen molar-refractivity contribution in [1.82, 2.24) is 14.5 Å². The zero-order valence-electron chi connectivity index (χ0n) is 10.4. The number of aromatic nitrogens is 2. The van der Waals surface area contributed by atoms with Crippen LogP contribution < -0.4 is 5.73 Å². The molecule has 0 unspecified atom stereocenters. The Morgan fingerprint density at radius 1 is 1.60 bits per heavy atom. The number of hydrogen-bond donors (Lipinski definition) is 3. The molecule has 0 aromatic carbocycles. The van der Waals surface area contributed by atoms with Gasteiger partial charge in [-0.2, -0.15) is 0 Å². The minimum atomic E-state index is -1.21. The summed E-state index contributed by atoms with van der Waals surface area (Å²) in [4.78, 5) is 28.5. The first-order chi connectivity index (χ1) is 9.43. The van der Waals surface area contributed by atoms with Crippen molar-refractivity contribution in [2.75, 3.05) is 5.73 Å². The number of aliphatic hydroxyl groups excluding tert-OH is 1. The average molecular weight is 296 g/mol. The second kappa shape index (κ2) is 4.25. The number of anilines is 1. The number of thioether (sulfide) groups is 1. The zero-order chi connectivity index (χ0) is 14.6. The van der Waals surface area contributed by atoms with E-state index in [1.807, 2.05) is 0 Å². The van der Waals surface area contributed by atoms with Gasteiger partial charge in [0.15, 0.2) is 5.70 Å². The molecule has 0 aliphatic carbocycles. The van der Waals surface area contributed by atoms with Crippen LogP contribution in [0.25, 0.3) is 5.03 Å². The van der Waals surface area contributed by atoms with Gasteiger partial charge in [0.25, 0.3) is 0 Å². The lowest BCUT2D eigenvalue weighted by Gasteiger charge is -2.43. The summed E-state index contributed by atoms with van der Waals surface area (Å²) in [7, 11) is 0. The number of rotatable bonds is 3. The third-order valence-electron chi connectivity index (χ3n) is 3.37. The molecule has 4 N–H and O–H groups in total. The molecule has 3 atom stereocenters. The van der Waals surface area contributed by atoms with Gasteiger partial charge in [0.2, 0.25) is 11.9 Å². The van der Waals surface area contributed by atoms with E-state index in [1.54, 1.807) is 0 Å². The first-order valence-corrected chi connectivity index (χ1v) is 6.76. The van der Waals surface area contributed by atoms with Crippen molar-refractivity contribution in [1.29, 1.82) is 0 Å². The van der Waals surface area contributed by atoms with Crippen LogP contribution in [0, 0.1) is 5.92 Å². The maximum atomic E-state index is 12.0. The van der Waals surface area contributed by atoms with Crippen molar-refractivity contribution in [2.45, 2.75) is 18.4 Å². The van der Waals surface area contributed by atoms with Gasteiger partial charge in [-0.05, 0) is 6.92 Å². The predicted molar refractivity (Wildman–Crippen MR) is 70.9 cm³/mol. The number of fused-ring (bicyclic) bond motifs is 1. The number of nitrogens with zero attached hydrogens (tertiary/aromatic N) is 3. The van der Waals surface area contributed by atoms with Gasteiger partial charge < -0.3 is 15.9 Å². The Balaban J connectivity index is 2.05. The highest BCUT2D eigenvalue weighted by Crippen LogP contribution is 2.52. The summed E-state index contributed by atoms with van der Waals surface area (Å²) in [6.07, 6.45) is 2.16. The summed E-state index contributed by atoms with van der Waals surface area (Å²) in [5, 5.41) is 18.9. The quantitative estimate of drug-likeness (QED) is 0.648. The summed E-state index contributed by atoms with van der Waals surface area (Å²) in [5.74, 6) is -2.05. The summed E-state index contributed by atoms with van der Waals surface area (Å²) >= 11 is 1.20. The van der Waals surface area contributed by atoms with Gasteiger partial charge in [0, 0.05) is 12.4 Å². The number of amides is 1. The van der Waals surface area contributed by atoms with E-state index in [0.717, 1.165) is 0 Å². The maximum absolute atomic E-state index is 12.0. The molecular formula is C11H12N4O4S. The second-order valence-electron chi connectivity index (χ2n) is 4.60. The summed E-state index contributed by atoms with van der Waals surface area (Å²) in [6.45, 7) is 1.52. The minimum absolute atomic E-state index is 0.119. The number of carboxylic acid groups (broad SMARTS) is 1. The molecule has 0 spiro atoms. The molecule has 1 amide bonds. The average Bonchev–Trinajstić information content (AvgIpc) is 2.89. The smallest absolute Gasteiger partial charge is 0.355 e. The van der Waals surface area contributed by atoms with Crippen molar-refractivity contribution >= 4 is 34.6 Å². The van der Waals surface area contributed by atoms with Crippen LogP contribution in [0.5, 0.6) is 0 Å². The normalized spacial score (nSPS) is 26.5. The number of carbonyl (C=O) groups is 2. The Kier molecular flexibility index (Phi) is 2.76. The Morgan fingerprint density at radius 3 is 2.80 bits per heavy atom. The van der Waals surface area contributed by atoms with Crippen LogP contribution >= 0.6 is 11.8 Å². The van der Waals surface area contributed by atoms with Crippen LogP contribution in [0.15, 0.2) is 18.1 Å². The van der Waals surface area contributed by atoms with Crippen LogP contribution in [-0.4, -0.2) is 48.0 Å². The Labute approximate surface area is 117 Å². The third-order valence-corrected chi connectivity index (χ3v) is 4.73. The number of hydrogen-bond acceptors (Lipinski definition) is 6. The third kappa shape index (κ3) is 1.56.